The summed E-state index contributed by atoms with van der Waals surface area (Å²) >= 11 is 1.08. The lowest BCUT2D eigenvalue weighted by molar-refractivity contribution is -0.143. The van der Waals surface area contributed by atoms with Gasteiger partial charge in [0.2, 0.25) is 10.0 Å². The number of thiophene rings is 1. The standard InChI is InChI=1S/C15H20N2O6S2/c18-14(16-4-1-2-11(10-16)15(19)20)13-12(3-9-24-13)25(21,22)17-5-7-23-8-6-17/h3,9,11H,1-2,4-8,10H2,(H,19,20). The van der Waals surface area contributed by atoms with E-state index in [0.29, 0.717) is 32.6 Å². The number of hydrogen-bond acceptors (Lipinski definition) is 6. The number of carboxylic acids is 1. The van der Waals surface area contributed by atoms with E-state index < -0.39 is 27.8 Å². The Kier molecular flexibility index (Phi) is 5.42. The molecule has 3 heterocycles. The van der Waals surface area contributed by atoms with Gasteiger partial charge >= 0.3 is 5.97 Å². The lowest BCUT2D eigenvalue weighted by Gasteiger charge is -2.31. The molecule has 0 aromatic carbocycles. The largest absolute Gasteiger partial charge is 0.481 e. The van der Waals surface area contributed by atoms with Gasteiger partial charge < -0.3 is 14.7 Å². The van der Waals surface area contributed by atoms with E-state index in [1.807, 2.05) is 0 Å². The van der Waals surface area contributed by atoms with Crippen LogP contribution in [-0.4, -0.2) is 74.0 Å². The first-order chi connectivity index (χ1) is 11.9. The number of ether oxygens (including phenoxy) is 1. The van der Waals surface area contributed by atoms with E-state index in [1.54, 1.807) is 5.38 Å². The van der Waals surface area contributed by atoms with E-state index in [0.717, 1.165) is 11.3 Å². The Morgan fingerprint density at radius 1 is 1.24 bits per heavy atom. The van der Waals surface area contributed by atoms with Gasteiger partial charge in [0.15, 0.2) is 0 Å². The topological polar surface area (TPSA) is 104 Å². The third-order valence-corrected chi connectivity index (χ3v) is 7.44. The Labute approximate surface area is 150 Å². The third-order valence-electron chi connectivity index (χ3n) is 4.47. The van der Waals surface area contributed by atoms with E-state index in [-0.39, 0.29) is 29.4 Å². The second kappa shape index (κ2) is 7.40. The molecule has 2 saturated heterocycles. The zero-order valence-electron chi connectivity index (χ0n) is 13.6. The van der Waals surface area contributed by atoms with Crippen LogP contribution >= 0.6 is 11.3 Å². The first-order valence-corrected chi connectivity index (χ1v) is 10.4. The number of carboxylic acid groups (broad SMARTS) is 1. The fraction of sp³-hybridized carbons (Fsp3) is 0.600. The molecule has 1 aromatic rings. The number of piperidine rings is 1. The van der Waals surface area contributed by atoms with E-state index in [1.165, 1.54) is 15.3 Å². The van der Waals surface area contributed by atoms with Gasteiger partial charge in [-0.25, -0.2) is 8.42 Å². The van der Waals surface area contributed by atoms with Crippen LogP contribution in [0.4, 0.5) is 0 Å². The highest BCUT2D eigenvalue weighted by atomic mass is 32.2. The van der Waals surface area contributed by atoms with Gasteiger partial charge in [0.05, 0.1) is 19.1 Å². The monoisotopic (exact) mass is 388 g/mol. The Balaban J connectivity index is 1.83. The van der Waals surface area contributed by atoms with Crippen molar-refractivity contribution in [1.82, 2.24) is 9.21 Å². The maximum atomic E-state index is 12.8. The van der Waals surface area contributed by atoms with Gasteiger partial charge in [-0.05, 0) is 24.3 Å². The number of hydrogen-bond donors (Lipinski definition) is 1. The van der Waals surface area contributed by atoms with Crippen LogP contribution in [0.3, 0.4) is 0 Å². The average molecular weight is 388 g/mol. The van der Waals surface area contributed by atoms with Crippen LogP contribution in [-0.2, 0) is 19.6 Å². The van der Waals surface area contributed by atoms with Crippen molar-refractivity contribution < 1.29 is 27.9 Å². The molecule has 1 unspecified atom stereocenters. The molecule has 0 bridgehead atoms. The van der Waals surface area contributed by atoms with Gasteiger partial charge in [0.25, 0.3) is 5.91 Å². The first-order valence-electron chi connectivity index (χ1n) is 8.08. The van der Waals surface area contributed by atoms with Crippen LogP contribution in [0.1, 0.15) is 22.5 Å². The van der Waals surface area contributed by atoms with Crippen LogP contribution in [0.2, 0.25) is 0 Å². The van der Waals surface area contributed by atoms with Gasteiger partial charge in [0, 0.05) is 26.2 Å². The van der Waals surface area contributed by atoms with Crippen LogP contribution in [0.15, 0.2) is 16.3 Å². The Morgan fingerprint density at radius 2 is 1.96 bits per heavy atom. The summed E-state index contributed by atoms with van der Waals surface area (Å²) in [5, 5.41) is 10.8. The van der Waals surface area contributed by atoms with E-state index in [2.05, 4.69) is 0 Å². The predicted molar refractivity (Wildman–Crippen MR) is 90.2 cm³/mol. The molecule has 1 N–H and O–H groups in total. The molecular formula is C15H20N2O6S2. The van der Waals surface area contributed by atoms with Crippen molar-refractivity contribution in [2.75, 3.05) is 39.4 Å². The summed E-state index contributed by atoms with van der Waals surface area (Å²) in [5.74, 6) is -1.94. The molecule has 0 aliphatic carbocycles. The van der Waals surface area contributed by atoms with Crippen LogP contribution < -0.4 is 0 Å². The van der Waals surface area contributed by atoms with Crippen molar-refractivity contribution in [2.24, 2.45) is 5.92 Å². The smallest absolute Gasteiger partial charge is 0.308 e. The number of aliphatic carboxylic acids is 1. The maximum Gasteiger partial charge on any atom is 0.308 e. The van der Waals surface area contributed by atoms with Gasteiger partial charge in [0.1, 0.15) is 9.77 Å². The summed E-state index contributed by atoms with van der Waals surface area (Å²) in [7, 11) is -3.76. The second-order valence-corrected chi connectivity index (χ2v) is 8.88. The highest BCUT2D eigenvalue weighted by Crippen LogP contribution is 2.28. The fourth-order valence-corrected chi connectivity index (χ4v) is 5.86. The molecular weight excluding hydrogens is 368 g/mol. The van der Waals surface area contributed by atoms with Crippen molar-refractivity contribution in [2.45, 2.75) is 17.7 Å². The molecule has 25 heavy (non-hydrogen) atoms. The van der Waals surface area contributed by atoms with Gasteiger partial charge in [-0.1, -0.05) is 0 Å². The molecule has 2 fully saturated rings. The summed E-state index contributed by atoms with van der Waals surface area (Å²) < 4.78 is 32.2. The number of nitrogens with zero attached hydrogens (tertiary/aromatic N) is 2. The summed E-state index contributed by atoms with van der Waals surface area (Å²) in [5.41, 5.74) is 0. The lowest BCUT2D eigenvalue weighted by Crippen LogP contribution is -2.43. The van der Waals surface area contributed by atoms with E-state index >= 15 is 0 Å². The highest BCUT2D eigenvalue weighted by Gasteiger charge is 2.35. The molecule has 138 valence electrons. The quantitative estimate of drug-likeness (QED) is 0.814. The second-order valence-electron chi connectivity index (χ2n) is 6.06. The van der Waals surface area contributed by atoms with Crippen LogP contribution in [0, 0.1) is 5.92 Å². The minimum atomic E-state index is -3.76. The van der Waals surface area contributed by atoms with Gasteiger partial charge in [-0.15, -0.1) is 11.3 Å². The molecule has 0 spiro atoms. The first kappa shape index (κ1) is 18.3. The molecule has 3 rings (SSSR count). The molecule has 1 amide bonds. The van der Waals surface area contributed by atoms with Gasteiger partial charge in [-0.2, -0.15) is 4.31 Å². The lowest BCUT2D eigenvalue weighted by atomic mass is 9.98. The minimum absolute atomic E-state index is 0.00171. The highest BCUT2D eigenvalue weighted by molar-refractivity contribution is 7.89. The van der Waals surface area contributed by atoms with Crippen molar-refractivity contribution in [3.8, 4) is 0 Å². The third kappa shape index (κ3) is 3.71. The molecule has 8 nitrogen and oxygen atoms in total. The molecule has 2 aliphatic heterocycles. The zero-order valence-corrected chi connectivity index (χ0v) is 15.2. The Bertz CT molecular complexity index is 754. The molecule has 0 radical (unpaired) electrons. The number of amides is 1. The SMILES string of the molecule is O=C(O)C1CCCN(C(=O)c2sccc2S(=O)(=O)N2CCOCC2)C1. The van der Waals surface area contributed by atoms with Crippen molar-refractivity contribution in [3.63, 3.8) is 0 Å². The minimum Gasteiger partial charge on any atom is -0.481 e. The number of carbonyl (C=O) groups excluding carboxylic acids is 1. The van der Waals surface area contributed by atoms with E-state index in [9.17, 15) is 23.1 Å². The number of sulfonamides is 1. The number of morpholine rings is 1. The molecule has 10 heteroatoms. The van der Waals surface area contributed by atoms with Crippen LogP contribution in [0.25, 0.3) is 0 Å². The number of likely N-dealkylation sites (tertiary alicyclic amines) is 1. The normalized spacial score (nSPS) is 22.7. The average Bonchev–Trinajstić information content (AvgIpc) is 3.12. The van der Waals surface area contributed by atoms with Crippen molar-refractivity contribution in [1.29, 1.82) is 0 Å². The fourth-order valence-electron chi connectivity index (χ4n) is 3.09. The van der Waals surface area contributed by atoms with Crippen LogP contribution in [0.5, 0.6) is 0 Å². The summed E-state index contributed by atoms with van der Waals surface area (Å²) in [6.45, 7) is 1.74. The molecule has 0 saturated carbocycles. The molecule has 1 aromatic heterocycles. The summed E-state index contributed by atoms with van der Waals surface area (Å²) in [4.78, 5) is 25.6. The number of rotatable bonds is 4. The molecule has 2 aliphatic rings. The van der Waals surface area contributed by atoms with Gasteiger partial charge in [-0.3, -0.25) is 9.59 Å². The van der Waals surface area contributed by atoms with Crippen molar-refractivity contribution >= 4 is 33.2 Å². The summed E-state index contributed by atoms with van der Waals surface area (Å²) in [6, 6.07) is 1.45. The van der Waals surface area contributed by atoms with E-state index in [4.69, 9.17) is 4.74 Å². The number of carbonyl (C=O) groups is 2. The molecule has 1 atom stereocenters. The summed E-state index contributed by atoms with van der Waals surface area (Å²) in [6.07, 6.45) is 1.13. The Hall–Kier alpha value is -1.49. The zero-order chi connectivity index (χ0) is 18.0. The van der Waals surface area contributed by atoms with Crippen molar-refractivity contribution in [3.05, 3.63) is 16.3 Å². The maximum absolute atomic E-state index is 12.8. The predicted octanol–water partition coefficient (Wildman–Crippen LogP) is 0.706. The Morgan fingerprint density at radius 3 is 2.64 bits per heavy atom.